The summed E-state index contributed by atoms with van der Waals surface area (Å²) < 4.78 is 14.9. The molecule has 0 fully saturated rings. The molecule has 5 rings (SSSR count). The van der Waals surface area contributed by atoms with E-state index in [0.717, 1.165) is 26.6 Å². The Balaban J connectivity index is 1.51. The molecular formula is C25H17BrCl2N2O3S. The predicted octanol–water partition coefficient (Wildman–Crippen LogP) is 6.50. The number of thiazole rings is 1. The fourth-order valence-corrected chi connectivity index (χ4v) is 5.32. The summed E-state index contributed by atoms with van der Waals surface area (Å²) in [6.45, 7) is 2.67. The molecule has 5 nitrogen and oxygen atoms in total. The number of imidazole rings is 1. The Bertz CT molecular complexity index is 1650. The van der Waals surface area contributed by atoms with Crippen molar-refractivity contribution in [2.75, 3.05) is 6.61 Å². The Morgan fingerprint density at radius 2 is 1.85 bits per heavy atom. The summed E-state index contributed by atoms with van der Waals surface area (Å²) in [5, 5.41) is 0.970. The molecule has 3 aromatic carbocycles. The molecule has 0 bridgehead atoms. The van der Waals surface area contributed by atoms with Crippen molar-refractivity contribution in [3.63, 3.8) is 0 Å². The van der Waals surface area contributed by atoms with Gasteiger partial charge in [-0.25, -0.2) is 9.38 Å². The number of nitrogens with zero attached hydrogens (tertiary/aromatic N) is 2. The second-order valence-corrected chi connectivity index (χ2v) is 10.1. The quantitative estimate of drug-likeness (QED) is 0.232. The van der Waals surface area contributed by atoms with Gasteiger partial charge in [-0.05, 0) is 60.5 Å². The molecule has 0 saturated carbocycles. The standard InChI is InChI=1S/C25H17BrCl2N2O3S/c1-2-32-21-10-15(16(26)12-22(21)33-13-14-7-8-17(27)18(28)9-14)11-23-24(31)30-20-6-4-3-5-19(20)29-25(30)34-23/h3-12H,2,13H2,1H3/b23-11-. The van der Waals surface area contributed by atoms with Gasteiger partial charge >= 0.3 is 0 Å². The third-order valence-corrected chi connectivity index (χ3v) is 7.57. The maximum atomic E-state index is 13.1. The topological polar surface area (TPSA) is 52.8 Å². The fourth-order valence-electron chi connectivity index (χ4n) is 3.59. The average molecular weight is 576 g/mol. The largest absolute Gasteiger partial charge is 0.490 e. The molecule has 0 N–H and O–H groups in total. The van der Waals surface area contributed by atoms with Gasteiger partial charge in [-0.2, -0.15) is 0 Å². The Hall–Kier alpha value is -2.58. The van der Waals surface area contributed by atoms with Gasteiger partial charge in [0.1, 0.15) is 6.61 Å². The maximum Gasteiger partial charge on any atom is 0.274 e. The highest BCUT2D eigenvalue weighted by Crippen LogP contribution is 2.35. The van der Waals surface area contributed by atoms with Crippen LogP contribution in [0.15, 0.2) is 63.9 Å². The van der Waals surface area contributed by atoms with Crippen LogP contribution in [0, 0.1) is 0 Å². The van der Waals surface area contributed by atoms with Crippen LogP contribution in [0.5, 0.6) is 11.5 Å². The van der Waals surface area contributed by atoms with Gasteiger partial charge in [-0.1, -0.05) is 68.7 Å². The zero-order valence-electron chi connectivity index (χ0n) is 17.8. The zero-order chi connectivity index (χ0) is 23.8. The minimum atomic E-state index is -0.0986. The molecule has 0 unspecified atom stereocenters. The third kappa shape index (κ3) is 4.41. The Kier molecular flexibility index (Phi) is 6.53. The van der Waals surface area contributed by atoms with Crippen LogP contribution in [-0.4, -0.2) is 16.0 Å². The molecule has 0 aliphatic carbocycles. The number of ether oxygens (including phenoxy) is 2. The van der Waals surface area contributed by atoms with Crippen LogP contribution in [0.4, 0.5) is 0 Å². The lowest BCUT2D eigenvalue weighted by molar-refractivity contribution is 0.269. The molecular weight excluding hydrogens is 559 g/mol. The highest BCUT2D eigenvalue weighted by Gasteiger charge is 2.14. The summed E-state index contributed by atoms with van der Waals surface area (Å²) in [6.07, 6.45) is 1.84. The van der Waals surface area contributed by atoms with Gasteiger partial charge in [-0.15, -0.1) is 0 Å². The molecule has 0 radical (unpaired) electrons. The predicted molar refractivity (Wildman–Crippen MR) is 142 cm³/mol. The van der Waals surface area contributed by atoms with E-state index in [1.165, 1.54) is 11.3 Å². The Morgan fingerprint density at radius 3 is 2.65 bits per heavy atom. The van der Waals surface area contributed by atoms with Gasteiger partial charge < -0.3 is 9.47 Å². The van der Waals surface area contributed by atoms with Crippen molar-refractivity contribution in [3.05, 3.63) is 95.1 Å². The third-order valence-electron chi connectivity index (χ3n) is 5.17. The van der Waals surface area contributed by atoms with Gasteiger partial charge in [-0.3, -0.25) is 4.79 Å². The molecule has 172 valence electrons. The van der Waals surface area contributed by atoms with Crippen molar-refractivity contribution in [2.24, 2.45) is 0 Å². The highest BCUT2D eigenvalue weighted by atomic mass is 79.9. The lowest BCUT2D eigenvalue weighted by atomic mass is 10.2. The molecule has 0 aliphatic heterocycles. The molecule has 0 saturated heterocycles. The molecule has 34 heavy (non-hydrogen) atoms. The van der Waals surface area contributed by atoms with E-state index in [9.17, 15) is 4.79 Å². The molecule has 0 atom stereocenters. The van der Waals surface area contributed by atoms with E-state index < -0.39 is 0 Å². The smallest absolute Gasteiger partial charge is 0.274 e. The first-order chi connectivity index (χ1) is 16.4. The number of para-hydroxylation sites is 2. The van der Waals surface area contributed by atoms with Crippen LogP contribution in [0.1, 0.15) is 18.1 Å². The van der Waals surface area contributed by atoms with Crippen molar-refractivity contribution in [1.29, 1.82) is 0 Å². The van der Waals surface area contributed by atoms with Gasteiger partial charge in [0.05, 0.1) is 32.2 Å². The second-order valence-electron chi connectivity index (χ2n) is 7.42. The molecule has 0 spiro atoms. The summed E-state index contributed by atoms with van der Waals surface area (Å²) in [5.41, 5.74) is 3.20. The first-order valence-electron chi connectivity index (χ1n) is 10.4. The number of rotatable bonds is 6. The van der Waals surface area contributed by atoms with Crippen molar-refractivity contribution >= 4 is 72.5 Å². The van der Waals surface area contributed by atoms with E-state index in [-0.39, 0.29) is 5.56 Å². The first-order valence-corrected chi connectivity index (χ1v) is 12.8. The molecule has 2 heterocycles. The fraction of sp³-hybridized carbons (Fsp3) is 0.120. The zero-order valence-corrected chi connectivity index (χ0v) is 21.8. The van der Waals surface area contributed by atoms with E-state index in [1.54, 1.807) is 16.5 Å². The number of halogens is 3. The summed E-state index contributed by atoms with van der Waals surface area (Å²) in [4.78, 5) is 18.4. The summed E-state index contributed by atoms with van der Waals surface area (Å²) >= 11 is 17.1. The van der Waals surface area contributed by atoms with E-state index in [1.807, 2.05) is 55.5 Å². The SMILES string of the molecule is CCOc1cc(/C=c2\sc3nc4ccccc4n3c2=O)c(Br)cc1OCc1ccc(Cl)c(Cl)c1. The molecule has 9 heteroatoms. The van der Waals surface area contributed by atoms with Crippen molar-refractivity contribution in [3.8, 4) is 11.5 Å². The number of hydrogen-bond donors (Lipinski definition) is 0. The van der Waals surface area contributed by atoms with Gasteiger partial charge in [0.2, 0.25) is 0 Å². The van der Waals surface area contributed by atoms with E-state index >= 15 is 0 Å². The lowest BCUT2D eigenvalue weighted by Gasteiger charge is -2.14. The van der Waals surface area contributed by atoms with Crippen molar-refractivity contribution in [2.45, 2.75) is 13.5 Å². The van der Waals surface area contributed by atoms with Gasteiger partial charge in [0.15, 0.2) is 16.5 Å². The number of aromatic nitrogens is 2. The van der Waals surface area contributed by atoms with Crippen molar-refractivity contribution in [1.82, 2.24) is 9.38 Å². The van der Waals surface area contributed by atoms with Gasteiger partial charge in [0, 0.05) is 4.47 Å². The monoisotopic (exact) mass is 574 g/mol. The van der Waals surface area contributed by atoms with Crippen LogP contribution in [0.25, 0.3) is 22.1 Å². The molecule has 5 aromatic rings. The van der Waals surface area contributed by atoms with Crippen LogP contribution in [0.2, 0.25) is 10.0 Å². The summed E-state index contributed by atoms with van der Waals surface area (Å²) in [7, 11) is 0. The van der Waals surface area contributed by atoms with E-state index in [0.29, 0.717) is 44.3 Å². The second kappa shape index (κ2) is 9.58. The van der Waals surface area contributed by atoms with E-state index in [2.05, 4.69) is 20.9 Å². The molecule has 0 aliphatic rings. The van der Waals surface area contributed by atoms with Crippen LogP contribution in [-0.2, 0) is 6.61 Å². The minimum Gasteiger partial charge on any atom is -0.490 e. The van der Waals surface area contributed by atoms with Crippen LogP contribution >= 0.6 is 50.5 Å². The normalized spacial score (nSPS) is 12.1. The van der Waals surface area contributed by atoms with Gasteiger partial charge in [0.25, 0.3) is 5.56 Å². The lowest BCUT2D eigenvalue weighted by Crippen LogP contribution is -2.22. The summed E-state index contributed by atoms with van der Waals surface area (Å²) in [5.74, 6) is 1.16. The van der Waals surface area contributed by atoms with E-state index in [4.69, 9.17) is 32.7 Å². The van der Waals surface area contributed by atoms with Crippen LogP contribution in [0.3, 0.4) is 0 Å². The molecule has 2 aromatic heterocycles. The minimum absolute atomic E-state index is 0.0986. The summed E-state index contributed by atoms with van der Waals surface area (Å²) in [6, 6.07) is 16.7. The number of fused-ring (bicyclic) bond motifs is 3. The molecule has 0 amide bonds. The first kappa shape index (κ1) is 23.2. The maximum absolute atomic E-state index is 13.1. The Morgan fingerprint density at radius 1 is 1.06 bits per heavy atom. The average Bonchev–Trinajstić information content (AvgIpc) is 3.33. The number of benzene rings is 3. The highest BCUT2D eigenvalue weighted by molar-refractivity contribution is 9.10. The van der Waals surface area contributed by atoms with Crippen LogP contribution < -0.4 is 19.6 Å². The number of hydrogen-bond acceptors (Lipinski definition) is 5. The van der Waals surface area contributed by atoms with Crippen molar-refractivity contribution < 1.29 is 9.47 Å². The Labute approximate surface area is 217 Å².